The van der Waals surface area contributed by atoms with Crippen LogP contribution in [0.4, 0.5) is 5.69 Å². The molecule has 0 unspecified atom stereocenters. The number of nitrogen functional groups attached to an aromatic ring is 1. The Bertz CT molecular complexity index is 489. The first-order valence-electron chi connectivity index (χ1n) is 8.26. The summed E-state index contributed by atoms with van der Waals surface area (Å²) in [4.78, 5) is 14.4. The molecule has 4 heteroatoms. The van der Waals surface area contributed by atoms with E-state index in [-0.39, 0.29) is 5.56 Å². The largest absolute Gasteiger partial charge is 0.398 e. The van der Waals surface area contributed by atoms with Gasteiger partial charge in [0.1, 0.15) is 0 Å². The Morgan fingerprint density at radius 2 is 2.00 bits per heavy atom. The monoisotopic (exact) mass is 291 g/mol. The lowest BCUT2D eigenvalue weighted by atomic mass is 10.1. The van der Waals surface area contributed by atoms with Crippen molar-refractivity contribution in [3.8, 4) is 0 Å². The quantitative estimate of drug-likeness (QED) is 0.840. The van der Waals surface area contributed by atoms with E-state index in [1.165, 1.54) is 32.1 Å². The van der Waals surface area contributed by atoms with Gasteiger partial charge in [-0.2, -0.15) is 0 Å². The number of aromatic nitrogens is 1. The van der Waals surface area contributed by atoms with Crippen LogP contribution in [0.3, 0.4) is 0 Å². The average Bonchev–Trinajstić information content (AvgIpc) is 2.96. The van der Waals surface area contributed by atoms with Crippen LogP contribution in [0.25, 0.3) is 0 Å². The number of pyridine rings is 1. The Balaban J connectivity index is 1.97. The fourth-order valence-corrected chi connectivity index (χ4v) is 3.13. The summed E-state index contributed by atoms with van der Waals surface area (Å²) in [5.74, 6) is 0.726. The van der Waals surface area contributed by atoms with Gasteiger partial charge in [0.05, 0.1) is 0 Å². The summed E-state index contributed by atoms with van der Waals surface area (Å²) in [6.45, 7) is 7.36. The van der Waals surface area contributed by atoms with E-state index in [2.05, 4.69) is 18.7 Å². The molecule has 21 heavy (non-hydrogen) atoms. The number of nitrogens with zero attached hydrogens (tertiary/aromatic N) is 2. The maximum Gasteiger partial charge on any atom is 0.250 e. The SMILES string of the molecule is CC(C)CCN(CCn1cc(N)ccc1=O)C1CCCC1. The van der Waals surface area contributed by atoms with Gasteiger partial charge in [0.15, 0.2) is 0 Å². The summed E-state index contributed by atoms with van der Waals surface area (Å²) in [5.41, 5.74) is 6.48. The minimum atomic E-state index is 0.0411. The molecule has 0 bridgehead atoms. The van der Waals surface area contributed by atoms with Crippen molar-refractivity contribution in [3.63, 3.8) is 0 Å². The molecule has 1 fully saturated rings. The number of anilines is 1. The molecule has 4 nitrogen and oxygen atoms in total. The van der Waals surface area contributed by atoms with Crippen LogP contribution in [-0.2, 0) is 6.54 Å². The van der Waals surface area contributed by atoms with Crippen LogP contribution in [0.2, 0.25) is 0 Å². The number of hydrogen-bond acceptors (Lipinski definition) is 3. The topological polar surface area (TPSA) is 51.3 Å². The van der Waals surface area contributed by atoms with Gasteiger partial charge in [-0.25, -0.2) is 0 Å². The van der Waals surface area contributed by atoms with Crippen molar-refractivity contribution in [1.82, 2.24) is 9.47 Å². The fraction of sp³-hybridized carbons (Fsp3) is 0.706. The van der Waals surface area contributed by atoms with E-state index < -0.39 is 0 Å². The maximum absolute atomic E-state index is 11.9. The summed E-state index contributed by atoms with van der Waals surface area (Å²) in [6, 6.07) is 3.94. The summed E-state index contributed by atoms with van der Waals surface area (Å²) in [7, 11) is 0. The Labute approximate surface area is 127 Å². The van der Waals surface area contributed by atoms with Crippen molar-refractivity contribution >= 4 is 5.69 Å². The highest BCUT2D eigenvalue weighted by atomic mass is 16.1. The van der Waals surface area contributed by atoms with Gasteiger partial charge in [-0.05, 0) is 37.8 Å². The van der Waals surface area contributed by atoms with Crippen molar-refractivity contribution in [2.75, 3.05) is 18.8 Å². The van der Waals surface area contributed by atoms with E-state index in [1.807, 2.05) is 0 Å². The minimum Gasteiger partial charge on any atom is -0.398 e. The molecule has 0 aliphatic heterocycles. The lowest BCUT2D eigenvalue weighted by molar-refractivity contribution is 0.180. The van der Waals surface area contributed by atoms with Crippen molar-refractivity contribution in [3.05, 3.63) is 28.7 Å². The smallest absolute Gasteiger partial charge is 0.250 e. The van der Waals surface area contributed by atoms with Crippen LogP contribution in [0.5, 0.6) is 0 Å². The van der Waals surface area contributed by atoms with Crippen molar-refractivity contribution < 1.29 is 0 Å². The molecule has 0 radical (unpaired) electrons. The first kappa shape index (κ1) is 16.1. The third-order valence-electron chi connectivity index (χ3n) is 4.47. The van der Waals surface area contributed by atoms with Crippen molar-refractivity contribution in [2.45, 2.75) is 58.5 Å². The molecule has 1 saturated carbocycles. The lowest BCUT2D eigenvalue weighted by Crippen LogP contribution is -2.38. The Kier molecular flexibility index (Phi) is 5.85. The summed E-state index contributed by atoms with van der Waals surface area (Å²) in [5, 5.41) is 0. The van der Waals surface area contributed by atoms with Gasteiger partial charge in [0.25, 0.3) is 5.56 Å². The zero-order chi connectivity index (χ0) is 15.2. The maximum atomic E-state index is 11.9. The Hall–Kier alpha value is -1.29. The summed E-state index contributed by atoms with van der Waals surface area (Å²) in [6.07, 6.45) is 8.30. The summed E-state index contributed by atoms with van der Waals surface area (Å²) >= 11 is 0. The van der Waals surface area contributed by atoms with Crippen molar-refractivity contribution in [1.29, 1.82) is 0 Å². The third-order valence-corrected chi connectivity index (χ3v) is 4.47. The Morgan fingerprint density at radius 1 is 1.29 bits per heavy atom. The highest BCUT2D eigenvalue weighted by molar-refractivity contribution is 5.33. The van der Waals surface area contributed by atoms with E-state index in [9.17, 15) is 4.79 Å². The minimum absolute atomic E-state index is 0.0411. The van der Waals surface area contributed by atoms with Crippen LogP contribution in [0, 0.1) is 5.92 Å². The zero-order valence-electron chi connectivity index (χ0n) is 13.4. The first-order chi connectivity index (χ1) is 10.1. The van der Waals surface area contributed by atoms with Gasteiger partial charge >= 0.3 is 0 Å². The molecule has 0 amide bonds. The summed E-state index contributed by atoms with van der Waals surface area (Å²) < 4.78 is 1.74. The zero-order valence-corrected chi connectivity index (χ0v) is 13.4. The first-order valence-corrected chi connectivity index (χ1v) is 8.26. The lowest BCUT2D eigenvalue weighted by Gasteiger charge is -2.29. The predicted octanol–water partition coefficient (Wildman–Crippen LogP) is 2.72. The van der Waals surface area contributed by atoms with E-state index in [0.717, 1.165) is 25.6 Å². The highest BCUT2D eigenvalue weighted by Gasteiger charge is 2.22. The van der Waals surface area contributed by atoms with Gasteiger partial charge in [-0.1, -0.05) is 26.7 Å². The third kappa shape index (κ3) is 4.88. The van der Waals surface area contributed by atoms with Crippen LogP contribution in [0.15, 0.2) is 23.1 Å². The number of rotatable bonds is 7. The van der Waals surface area contributed by atoms with Crippen LogP contribution in [-0.4, -0.2) is 28.6 Å². The second-order valence-corrected chi connectivity index (χ2v) is 6.65. The second-order valence-electron chi connectivity index (χ2n) is 6.65. The number of nitrogens with two attached hydrogens (primary N) is 1. The van der Waals surface area contributed by atoms with Gasteiger partial charge in [-0.3, -0.25) is 9.69 Å². The van der Waals surface area contributed by atoms with E-state index in [1.54, 1.807) is 22.9 Å². The highest BCUT2D eigenvalue weighted by Crippen LogP contribution is 2.24. The van der Waals surface area contributed by atoms with Gasteiger partial charge in [0.2, 0.25) is 0 Å². The molecule has 1 heterocycles. The molecule has 0 aromatic carbocycles. The van der Waals surface area contributed by atoms with Crippen LogP contribution >= 0.6 is 0 Å². The Morgan fingerprint density at radius 3 is 2.67 bits per heavy atom. The number of hydrogen-bond donors (Lipinski definition) is 1. The molecule has 0 spiro atoms. The van der Waals surface area contributed by atoms with Crippen molar-refractivity contribution in [2.24, 2.45) is 5.92 Å². The van der Waals surface area contributed by atoms with Crippen LogP contribution < -0.4 is 11.3 Å². The van der Waals surface area contributed by atoms with E-state index in [0.29, 0.717) is 11.7 Å². The standard InChI is InChI=1S/C17H29N3O/c1-14(2)9-10-19(16-5-3-4-6-16)11-12-20-13-15(18)7-8-17(20)21/h7-8,13-14,16H,3-6,9-12,18H2,1-2H3. The van der Waals surface area contributed by atoms with Gasteiger partial charge in [-0.15, -0.1) is 0 Å². The molecule has 0 atom stereocenters. The molecule has 1 aromatic rings. The van der Waals surface area contributed by atoms with Crippen LogP contribution in [0.1, 0.15) is 46.0 Å². The average molecular weight is 291 g/mol. The molecule has 118 valence electrons. The molecule has 1 aliphatic rings. The predicted molar refractivity (Wildman–Crippen MR) is 88.4 cm³/mol. The molecular formula is C17H29N3O. The normalized spacial score (nSPS) is 16.2. The van der Waals surface area contributed by atoms with E-state index in [4.69, 9.17) is 5.73 Å². The fourth-order valence-electron chi connectivity index (χ4n) is 3.13. The second kappa shape index (κ2) is 7.64. The molecule has 2 rings (SSSR count). The molecule has 0 saturated heterocycles. The molecule has 1 aliphatic carbocycles. The molecule has 1 aromatic heterocycles. The van der Waals surface area contributed by atoms with E-state index >= 15 is 0 Å². The molecule has 2 N–H and O–H groups in total. The van der Waals surface area contributed by atoms with Gasteiger partial charge in [0, 0.05) is 37.1 Å². The van der Waals surface area contributed by atoms with Gasteiger partial charge < -0.3 is 10.3 Å². The molecular weight excluding hydrogens is 262 g/mol.